The van der Waals surface area contributed by atoms with Gasteiger partial charge in [-0.05, 0) is 6.07 Å². The number of aromatic nitrogens is 4. The van der Waals surface area contributed by atoms with E-state index in [0.717, 1.165) is 29.7 Å². The van der Waals surface area contributed by atoms with Crippen LogP contribution in [0.25, 0.3) is 10.9 Å². The lowest BCUT2D eigenvalue weighted by Gasteiger charge is -2.04. The Morgan fingerprint density at radius 2 is 2.11 bits per heavy atom. The van der Waals surface area contributed by atoms with Crippen LogP contribution >= 0.6 is 0 Å². The Hall–Kier alpha value is -2.43. The van der Waals surface area contributed by atoms with E-state index in [2.05, 4.69) is 25.3 Å². The van der Waals surface area contributed by atoms with Crippen LogP contribution in [0.15, 0.2) is 42.9 Å². The van der Waals surface area contributed by atoms with Crippen molar-refractivity contribution in [2.75, 3.05) is 11.9 Å². The molecule has 0 fully saturated rings. The number of rotatable bonds is 4. The number of nitrogens with zero attached hydrogens (tertiary/aromatic N) is 3. The molecule has 90 valence electrons. The fraction of sp³-hybridized carbons (Fsp3) is 0.154. The average Bonchev–Trinajstić information content (AvgIpc) is 2.92. The van der Waals surface area contributed by atoms with Gasteiger partial charge >= 0.3 is 0 Å². The van der Waals surface area contributed by atoms with Gasteiger partial charge in [0.25, 0.3) is 0 Å². The highest BCUT2D eigenvalue weighted by molar-refractivity contribution is 5.78. The normalized spacial score (nSPS) is 10.7. The summed E-state index contributed by atoms with van der Waals surface area (Å²) in [6.07, 6.45) is 6.23. The molecule has 2 aromatic heterocycles. The number of H-pyrrole nitrogens is 1. The zero-order valence-corrected chi connectivity index (χ0v) is 9.80. The molecule has 0 aliphatic heterocycles. The van der Waals surface area contributed by atoms with Crippen LogP contribution in [0.3, 0.4) is 0 Å². The van der Waals surface area contributed by atoms with Crippen molar-refractivity contribution in [3.05, 3.63) is 48.7 Å². The number of anilines is 1. The van der Waals surface area contributed by atoms with Gasteiger partial charge in [-0.2, -0.15) is 0 Å². The van der Waals surface area contributed by atoms with Crippen molar-refractivity contribution in [2.24, 2.45) is 0 Å². The number of nitrogens with one attached hydrogen (secondary N) is 2. The van der Waals surface area contributed by atoms with Gasteiger partial charge in [0.15, 0.2) is 0 Å². The summed E-state index contributed by atoms with van der Waals surface area (Å²) in [7, 11) is 0. The number of para-hydroxylation sites is 1. The number of imidazole rings is 1. The summed E-state index contributed by atoms with van der Waals surface area (Å²) in [5, 5.41) is 4.24. The van der Waals surface area contributed by atoms with Crippen molar-refractivity contribution >= 4 is 16.9 Å². The van der Waals surface area contributed by atoms with Crippen LogP contribution < -0.4 is 5.32 Å². The summed E-state index contributed by atoms with van der Waals surface area (Å²) >= 11 is 0. The zero-order valence-electron chi connectivity index (χ0n) is 9.80. The summed E-state index contributed by atoms with van der Waals surface area (Å²) < 4.78 is 0. The molecule has 2 N–H and O–H groups in total. The molecule has 0 unspecified atom stereocenters. The Kier molecular flexibility index (Phi) is 2.87. The maximum Gasteiger partial charge on any atom is 0.223 e. The van der Waals surface area contributed by atoms with Crippen LogP contribution in [-0.2, 0) is 6.42 Å². The number of fused-ring (bicyclic) bond motifs is 1. The fourth-order valence-electron chi connectivity index (χ4n) is 1.78. The van der Waals surface area contributed by atoms with Gasteiger partial charge in [-0.3, -0.25) is 0 Å². The third-order valence-electron chi connectivity index (χ3n) is 2.69. The predicted molar refractivity (Wildman–Crippen MR) is 70.3 cm³/mol. The van der Waals surface area contributed by atoms with E-state index in [-0.39, 0.29) is 0 Å². The van der Waals surface area contributed by atoms with Gasteiger partial charge in [0, 0.05) is 36.9 Å². The molecule has 0 saturated carbocycles. The molecule has 0 bridgehead atoms. The van der Waals surface area contributed by atoms with Gasteiger partial charge in [-0.15, -0.1) is 0 Å². The lowest BCUT2D eigenvalue weighted by atomic mass is 10.2. The second-order valence-electron chi connectivity index (χ2n) is 3.97. The van der Waals surface area contributed by atoms with Crippen LogP contribution in [0.5, 0.6) is 0 Å². The van der Waals surface area contributed by atoms with Crippen LogP contribution in [-0.4, -0.2) is 26.5 Å². The first-order chi connectivity index (χ1) is 8.92. The van der Waals surface area contributed by atoms with E-state index >= 15 is 0 Å². The number of hydrogen-bond donors (Lipinski definition) is 2. The third kappa shape index (κ3) is 2.29. The van der Waals surface area contributed by atoms with E-state index in [1.165, 1.54) is 0 Å². The lowest BCUT2D eigenvalue weighted by Crippen LogP contribution is -2.08. The summed E-state index contributed by atoms with van der Waals surface area (Å²) in [6.45, 7) is 0.756. The van der Waals surface area contributed by atoms with Gasteiger partial charge in [0.05, 0.1) is 5.52 Å². The standard InChI is InChI=1S/C13H13N5/c1-2-4-11-10(3-1)9-17-13(18-11)16-6-5-12-14-7-8-15-12/h1-4,7-9H,5-6H2,(H,14,15)(H,16,17,18). The molecule has 3 rings (SSSR count). The molecule has 0 saturated heterocycles. The first kappa shape index (κ1) is 10.7. The number of hydrogen-bond acceptors (Lipinski definition) is 4. The van der Waals surface area contributed by atoms with Crippen LogP contribution in [0.4, 0.5) is 5.95 Å². The van der Waals surface area contributed by atoms with Gasteiger partial charge < -0.3 is 10.3 Å². The van der Waals surface area contributed by atoms with Crippen molar-refractivity contribution in [1.82, 2.24) is 19.9 Å². The second kappa shape index (κ2) is 4.83. The van der Waals surface area contributed by atoms with Crippen molar-refractivity contribution in [1.29, 1.82) is 0 Å². The molecule has 0 atom stereocenters. The quantitative estimate of drug-likeness (QED) is 0.731. The van der Waals surface area contributed by atoms with Crippen molar-refractivity contribution < 1.29 is 0 Å². The van der Waals surface area contributed by atoms with Crippen LogP contribution in [0.2, 0.25) is 0 Å². The molecule has 3 aromatic rings. The molecule has 1 aromatic carbocycles. The van der Waals surface area contributed by atoms with Gasteiger partial charge in [0.2, 0.25) is 5.95 Å². The minimum atomic E-state index is 0.653. The molecular weight excluding hydrogens is 226 g/mol. The monoisotopic (exact) mass is 239 g/mol. The Balaban J connectivity index is 1.67. The highest BCUT2D eigenvalue weighted by atomic mass is 15.1. The molecule has 18 heavy (non-hydrogen) atoms. The third-order valence-corrected chi connectivity index (χ3v) is 2.69. The zero-order chi connectivity index (χ0) is 12.2. The van der Waals surface area contributed by atoms with E-state index in [9.17, 15) is 0 Å². The minimum Gasteiger partial charge on any atom is -0.354 e. The van der Waals surface area contributed by atoms with E-state index in [4.69, 9.17) is 0 Å². The fourth-order valence-corrected chi connectivity index (χ4v) is 1.78. The van der Waals surface area contributed by atoms with Gasteiger partial charge in [-0.1, -0.05) is 18.2 Å². The van der Waals surface area contributed by atoms with Gasteiger partial charge in [0.1, 0.15) is 5.82 Å². The summed E-state index contributed by atoms with van der Waals surface area (Å²) in [5.41, 5.74) is 0.952. The smallest absolute Gasteiger partial charge is 0.223 e. The lowest BCUT2D eigenvalue weighted by molar-refractivity contribution is 0.915. The Morgan fingerprint density at radius 3 is 3.00 bits per heavy atom. The molecule has 0 amide bonds. The van der Waals surface area contributed by atoms with Crippen LogP contribution in [0, 0.1) is 0 Å². The minimum absolute atomic E-state index is 0.653. The topological polar surface area (TPSA) is 66.5 Å². The SMILES string of the molecule is c1ccc2nc(NCCc3ncc[nH]3)ncc2c1. The molecule has 0 aliphatic carbocycles. The number of aromatic amines is 1. The van der Waals surface area contributed by atoms with Crippen LogP contribution in [0.1, 0.15) is 5.82 Å². The highest BCUT2D eigenvalue weighted by Crippen LogP contribution is 2.11. The molecular formula is C13H13N5. The van der Waals surface area contributed by atoms with E-state index in [0.29, 0.717) is 5.95 Å². The largest absolute Gasteiger partial charge is 0.354 e. The summed E-state index contributed by atoms with van der Waals surface area (Å²) in [4.78, 5) is 15.9. The Labute approximate surface area is 104 Å². The maximum atomic E-state index is 4.44. The maximum absolute atomic E-state index is 4.44. The Bertz CT molecular complexity index is 633. The molecule has 0 radical (unpaired) electrons. The summed E-state index contributed by atoms with van der Waals surface area (Å²) in [5.74, 6) is 1.61. The molecule has 0 spiro atoms. The first-order valence-electron chi connectivity index (χ1n) is 5.86. The first-order valence-corrected chi connectivity index (χ1v) is 5.86. The molecule has 5 nitrogen and oxygen atoms in total. The second-order valence-corrected chi connectivity index (χ2v) is 3.97. The molecule has 5 heteroatoms. The predicted octanol–water partition coefficient (Wildman–Crippen LogP) is 2.01. The van der Waals surface area contributed by atoms with Crippen molar-refractivity contribution in [2.45, 2.75) is 6.42 Å². The average molecular weight is 239 g/mol. The Morgan fingerprint density at radius 1 is 1.17 bits per heavy atom. The highest BCUT2D eigenvalue weighted by Gasteiger charge is 1.99. The van der Waals surface area contributed by atoms with E-state index in [1.54, 1.807) is 6.20 Å². The summed E-state index contributed by atoms with van der Waals surface area (Å²) in [6, 6.07) is 7.94. The van der Waals surface area contributed by atoms with Crippen molar-refractivity contribution in [3.8, 4) is 0 Å². The van der Waals surface area contributed by atoms with Gasteiger partial charge in [-0.25, -0.2) is 15.0 Å². The van der Waals surface area contributed by atoms with E-state index in [1.807, 2.05) is 36.7 Å². The molecule has 0 aliphatic rings. The van der Waals surface area contributed by atoms with E-state index < -0.39 is 0 Å². The molecule has 2 heterocycles. The van der Waals surface area contributed by atoms with Crippen molar-refractivity contribution in [3.63, 3.8) is 0 Å². The number of benzene rings is 1.